The minimum absolute atomic E-state index is 0.518. The highest BCUT2D eigenvalue weighted by Gasteiger charge is 2.46. The van der Waals surface area contributed by atoms with Gasteiger partial charge in [-0.15, -0.1) is 0 Å². The normalized spacial score (nSPS) is 12.6. The molecule has 290 valence electrons. The Morgan fingerprint density at radius 2 is 0.871 bits per heavy atom. The number of benzene rings is 9. The van der Waals surface area contributed by atoms with Crippen LogP contribution >= 0.6 is 0 Å². The molecular weight excluding hydrogens is 753 g/mol. The quantitative estimate of drug-likeness (QED) is 0.161. The predicted octanol–water partition coefficient (Wildman–Crippen LogP) is 15.1. The molecule has 0 atom stereocenters. The first kappa shape index (κ1) is 35.8. The zero-order chi connectivity index (χ0) is 41.0. The molecule has 0 unspecified atom stereocenters. The second-order valence-corrected chi connectivity index (χ2v) is 16.1. The monoisotopic (exact) mass is 790 g/mol. The fourth-order valence-corrected chi connectivity index (χ4v) is 9.78. The fraction of sp³-hybridized carbons (Fsp3) is 0.0169. The van der Waals surface area contributed by atoms with Crippen LogP contribution in [0.15, 0.2) is 235 Å². The number of aromatic nitrogens is 2. The predicted molar refractivity (Wildman–Crippen MR) is 254 cm³/mol. The van der Waals surface area contributed by atoms with Gasteiger partial charge in [-0.05, 0) is 92.0 Å². The average Bonchev–Trinajstić information content (AvgIpc) is 3.88. The minimum Gasteiger partial charge on any atom is -0.456 e. The summed E-state index contributed by atoms with van der Waals surface area (Å²) in [6.07, 6.45) is 0. The average molecular weight is 791 g/mol. The first-order valence-electron chi connectivity index (χ1n) is 21.1. The van der Waals surface area contributed by atoms with Gasteiger partial charge in [-0.1, -0.05) is 194 Å². The van der Waals surface area contributed by atoms with Gasteiger partial charge in [-0.3, -0.25) is 0 Å². The van der Waals surface area contributed by atoms with E-state index in [0.717, 1.165) is 72.3 Å². The van der Waals surface area contributed by atoms with Crippen molar-refractivity contribution in [2.24, 2.45) is 0 Å². The van der Waals surface area contributed by atoms with Crippen molar-refractivity contribution in [2.75, 3.05) is 0 Å². The first-order chi connectivity index (χ1) is 30.7. The van der Waals surface area contributed by atoms with Gasteiger partial charge in [-0.25, -0.2) is 9.97 Å². The van der Waals surface area contributed by atoms with E-state index in [4.69, 9.17) is 14.4 Å². The van der Waals surface area contributed by atoms with Gasteiger partial charge in [0.15, 0.2) is 5.82 Å². The van der Waals surface area contributed by atoms with Crippen molar-refractivity contribution in [1.82, 2.24) is 9.97 Å². The zero-order valence-corrected chi connectivity index (χ0v) is 33.7. The summed E-state index contributed by atoms with van der Waals surface area (Å²) < 4.78 is 6.16. The summed E-state index contributed by atoms with van der Waals surface area (Å²) >= 11 is 0. The maximum absolute atomic E-state index is 6.16. The lowest BCUT2D eigenvalue weighted by Crippen LogP contribution is -2.28. The summed E-state index contributed by atoms with van der Waals surface area (Å²) in [5, 5.41) is 2.24. The van der Waals surface area contributed by atoms with Crippen LogP contribution in [0.5, 0.6) is 0 Å². The Hall–Kier alpha value is -8.14. The molecule has 11 aromatic rings. The summed E-state index contributed by atoms with van der Waals surface area (Å²) in [6.45, 7) is 0. The van der Waals surface area contributed by atoms with Crippen molar-refractivity contribution in [2.45, 2.75) is 5.41 Å². The zero-order valence-electron chi connectivity index (χ0n) is 33.7. The van der Waals surface area contributed by atoms with Crippen LogP contribution in [-0.2, 0) is 5.41 Å². The Bertz CT molecular complexity index is 3420. The van der Waals surface area contributed by atoms with Crippen molar-refractivity contribution in [3.8, 4) is 67.3 Å². The van der Waals surface area contributed by atoms with E-state index in [2.05, 4.69) is 212 Å². The van der Waals surface area contributed by atoms with Gasteiger partial charge in [-0.2, -0.15) is 0 Å². The lowest BCUT2D eigenvalue weighted by atomic mass is 9.67. The Morgan fingerprint density at radius 3 is 1.66 bits per heavy atom. The third kappa shape index (κ3) is 5.74. The van der Waals surface area contributed by atoms with Gasteiger partial charge < -0.3 is 4.42 Å². The van der Waals surface area contributed by atoms with Crippen LogP contribution in [0, 0.1) is 0 Å². The molecule has 62 heavy (non-hydrogen) atoms. The third-order valence-corrected chi connectivity index (χ3v) is 12.6. The summed E-state index contributed by atoms with van der Waals surface area (Å²) in [5.74, 6) is 0.684. The molecule has 0 N–H and O–H groups in total. The van der Waals surface area contributed by atoms with Crippen molar-refractivity contribution in [3.63, 3.8) is 0 Å². The van der Waals surface area contributed by atoms with Crippen LogP contribution < -0.4 is 0 Å². The summed E-state index contributed by atoms with van der Waals surface area (Å²) in [4.78, 5) is 10.7. The van der Waals surface area contributed by atoms with E-state index in [1.165, 1.54) is 33.4 Å². The Kier molecular flexibility index (Phi) is 8.39. The number of furan rings is 1. The molecule has 2 aromatic heterocycles. The van der Waals surface area contributed by atoms with Crippen molar-refractivity contribution >= 4 is 21.9 Å². The second kappa shape index (κ2) is 14.5. The largest absolute Gasteiger partial charge is 0.456 e. The van der Waals surface area contributed by atoms with Crippen LogP contribution in [0.2, 0.25) is 0 Å². The molecule has 0 radical (unpaired) electrons. The molecule has 0 amide bonds. The summed E-state index contributed by atoms with van der Waals surface area (Å²) in [5.41, 5.74) is 18.0. The summed E-state index contributed by atoms with van der Waals surface area (Å²) in [7, 11) is 0. The number of fused-ring (bicyclic) bond motifs is 6. The topological polar surface area (TPSA) is 38.9 Å². The molecule has 12 rings (SSSR count). The lowest BCUT2D eigenvalue weighted by Gasteiger charge is -2.34. The minimum atomic E-state index is -0.518. The van der Waals surface area contributed by atoms with Gasteiger partial charge in [0.05, 0.1) is 16.8 Å². The smallest absolute Gasteiger partial charge is 0.160 e. The van der Waals surface area contributed by atoms with E-state index < -0.39 is 5.41 Å². The molecule has 3 heteroatoms. The first-order valence-corrected chi connectivity index (χ1v) is 21.1. The third-order valence-electron chi connectivity index (χ3n) is 12.6. The molecule has 2 heterocycles. The van der Waals surface area contributed by atoms with E-state index in [-0.39, 0.29) is 0 Å². The van der Waals surface area contributed by atoms with Gasteiger partial charge >= 0.3 is 0 Å². The van der Waals surface area contributed by atoms with Crippen LogP contribution in [-0.4, -0.2) is 9.97 Å². The number of para-hydroxylation sites is 1. The maximum atomic E-state index is 6.16. The van der Waals surface area contributed by atoms with Crippen LogP contribution in [0.25, 0.3) is 89.2 Å². The molecule has 0 fully saturated rings. The molecule has 3 nitrogen and oxygen atoms in total. The van der Waals surface area contributed by atoms with Gasteiger partial charge in [0.1, 0.15) is 11.2 Å². The van der Waals surface area contributed by atoms with E-state index in [1.54, 1.807) is 0 Å². The molecular formula is C59H38N2O. The van der Waals surface area contributed by atoms with Crippen LogP contribution in [0.4, 0.5) is 0 Å². The van der Waals surface area contributed by atoms with Crippen molar-refractivity contribution in [3.05, 3.63) is 253 Å². The van der Waals surface area contributed by atoms with Crippen molar-refractivity contribution < 1.29 is 4.42 Å². The molecule has 0 saturated heterocycles. The molecule has 9 aromatic carbocycles. The van der Waals surface area contributed by atoms with E-state index >= 15 is 0 Å². The molecule has 0 saturated carbocycles. The maximum Gasteiger partial charge on any atom is 0.160 e. The van der Waals surface area contributed by atoms with Crippen LogP contribution in [0.1, 0.15) is 22.3 Å². The van der Waals surface area contributed by atoms with Gasteiger partial charge in [0, 0.05) is 27.5 Å². The highest BCUT2D eigenvalue weighted by Crippen LogP contribution is 2.56. The highest BCUT2D eigenvalue weighted by atomic mass is 16.3. The van der Waals surface area contributed by atoms with E-state index in [1.807, 2.05) is 18.2 Å². The molecule has 1 aliphatic rings. The van der Waals surface area contributed by atoms with Crippen LogP contribution in [0.3, 0.4) is 0 Å². The fourth-order valence-electron chi connectivity index (χ4n) is 9.78. The number of hydrogen-bond donors (Lipinski definition) is 0. The van der Waals surface area contributed by atoms with Gasteiger partial charge in [0.2, 0.25) is 0 Å². The Labute approximate surface area is 360 Å². The highest BCUT2D eigenvalue weighted by molar-refractivity contribution is 6.06. The molecule has 0 bridgehead atoms. The molecule has 0 aliphatic heterocycles. The lowest BCUT2D eigenvalue weighted by molar-refractivity contribution is 0.669. The van der Waals surface area contributed by atoms with E-state index in [0.29, 0.717) is 5.82 Å². The second-order valence-electron chi connectivity index (χ2n) is 16.1. The van der Waals surface area contributed by atoms with Gasteiger partial charge in [0.25, 0.3) is 0 Å². The number of nitrogens with zero attached hydrogens (tertiary/aromatic N) is 2. The Morgan fingerprint density at radius 1 is 0.306 bits per heavy atom. The standard InChI is InChI=1S/C59H38N2O/c1-4-17-39(18-5-1)58-60-54(43-31-33-48-47-26-12-14-29-52(47)59(53(48)37-43,44-21-6-2-7-22-44)45-23-8-3-9-24-45)38-55(61-58)49-27-11-10-25-46(49)42-20-16-19-40(35-42)41-32-34-57-51(36-41)50-28-13-15-30-56(50)62-57/h1-38H. The Balaban J connectivity index is 1.03. The van der Waals surface area contributed by atoms with Crippen molar-refractivity contribution in [1.29, 1.82) is 0 Å². The SMILES string of the molecule is c1ccc(-c2nc(-c3ccc4c(c3)C(c3ccccc3)(c3ccccc3)c3ccccc3-4)cc(-c3ccccc3-c3cccc(-c4ccc5oc6ccccc6c5c4)c3)n2)cc1. The number of rotatable bonds is 7. The van der Waals surface area contributed by atoms with E-state index in [9.17, 15) is 0 Å². The summed E-state index contributed by atoms with van der Waals surface area (Å²) in [6, 6.07) is 82.3. The number of hydrogen-bond acceptors (Lipinski definition) is 3. The molecule has 1 aliphatic carbocycles. The molecule has 0 spiro atoms.